The van der Waals surface area contributed by atoms with E-state index in [1.54, 1.807) is 0 Å². The summed E-state index contributed by atoms with van der Waals surface area (Å²) in [6.07, 6.45) is 5.30. The molecular weight excluding hydrogens is 264 g/mol. The van der Waals surface area contributed by atoms with Gasteiger partial charge >= 0.3 is 11.9 Å². The molecule has 0 aromatic heterocycles. The largest absolute Gasteiger partial charge is 0.463 e. The number of hydrogen-bond acceptors (Lipinski definition) is 6. The highest BCUT2D eigenvalue weighted by Gasteiger charge is 2.50. The first-order valence-electron chi connectivity index (χ1n) is 6.40. The van der Waals surface area contributed by atoms with Gasteiger partial charge in [-0.05, 0) is 12.3 Å². The Labute approximate surface area is 116 Å². The van der Waals surface area contributed by atoms with Crippen LogP contribution < -0.4 is 0 Å². The van der Waals surface area contributed by atoms with E-state index in [2.05, 4.69) is 6.58 Å². The molecule has 0 heterocycles. The molecule has 2 aliphatic carbocycles. The van der Waals surface area contributed by atoms with Crippen LogP contribution in [-0.2, 0) is 28.6 Å². The van der Waals surface area contributed by atoms with E-state index in [0.717, 1.165) is 12.5 Å². The van der Waals surface area contributed by atoms with Crippen molar-refractivity contribution in [1.82, 2.24) is 0 Å². The maximum absolute atomic E-state index is 12.0. The van der Waals surface area contributed by atoms with E-state index in [1.807, 2.05) is 12.2 Å². The predicted molar refractivity (Wildman–Crippen MR) is 67.3 cm³/mol. The van der Waals surface area contributed by atoms with E-state index >= 15 is 0 Å². The Bertz CT molecular complexity index is 441. The van der Waals surface area contributed by atoms with Crippen LogP contribution >= 0.6 is 0 Å². The monoisotopic (exact) mass is 280 g/mol. The van der Waals surface area contributed by atoms with E-state index in [0.29, 0.717) is 6.47 Å². The first-order chi connectivity index (χ1) is 9.67. The average molecular weight is 280 g/mol. The van der Waals surface area contributed by atoms with Crippen LogP contribution in [0.1, 0.15) is 6.42 Å². The minimum atomic E-state index is -0.564. The van der Waals surface area contributed by atoms with Gasteiger partial charge in [0.15, 0.2) is 0 Å². The van der Waals surface area contributed by atoms with Gasteiger partial charge in [-0.3, -0.25) is 9.59 Å². The number of esters is 2. The number of carbonyl (C=O) groups excluding carboxylic acids is 3. The van der Waals surface area contributed by atoms with Gasteiger partial charge in [-0.25, -0.2) is 4.79 Å². The average Bonchev–Trinajstić information content (AvgIpc) is 3.04. The van der Waals surface area contributed by atoms with Crippen molar-refractivity contribution >= 4 is 18.4 Å². The van der Waals surface area contributed by atoms with Gasteiger partial charge in [0.25, 0.3) is 6.47 Å². The highest BCUT2D eigenvalue weighted by Crippen LogP contribution is 2.45. The summed E-state index contributed by atoms with van der Waals surface area (Å²) >= 11 is 0. The van der Waals surface area contributed by atoms with Gasteiger partial charge in [-0.2, -0.15) is 0 Å². The molecule has 0 saturated heterocycles. The van der Waals surface area contributed by atoms with E-state index in [9.17, 15) is 14.4 Å². The Balaban J connectivity index is 1.82. The molecule has 0 aliphatic heterocycles. The van der Waals surface area contributed by atoms with Crippen molar-refractivity contribution < 1.29 is 28.6 Å². The Morgan fingerprint density at radius 1 is 1.20 bits per heavy atom. The third-order valence-electron chi connectivity index (χ3n) is 3.61. The van der Waals surface area contributed by atoms with Crippen molar-refractivity contribution in [3.63, 3.8) is 0 Å². The number of allylic oxidation sites excluding steroid dienone is 1. The summed E-state index contributed by atoms with van der Waals surface area (Å²) < 4.78 is 14.8. The lowest BCUT2D eigenvalue weighted by atomic mass is 9.91. The molecule has 0 aromatic carbocycles. The van der Waals surface area contributed by atoms with Crippen LogP contribution in [0.25, 0.3) is 0 Å². The van der Waals surface area contributed by atoms with Gasteiger partial charge in [0.05, 0.1) is 0 Å². The summed E-state index contributed by atoms with van der Waals surface area (Å²) in [6.45, 7) is 3.58. The second-order valence-corrected chi connectivity index (χ2v) is 4.71. The topological polar surface area (TPSA) is 78.9 Å². The molecule has 4 atom stereocenters. The molecule has 0 spiro atoms. The van der Waals surface area contributed by atoms with Crippen LogP contribution in [0.4, 0.5) is 0 Å². The zero-order chi connectivity index (χ0) is 14.5. The van der Waals surface area contributed by atoms with E-state index in [-0.39, 0.29) is 25.0 Å². The molecule has 0 radical (unpaired) electrons. The Morgan fingerprint density at radius 3 is 2.60 bits per heavy atom. The SMILES string of the molecule is C=CC(=O)OCCOC(=O)C1C2C=CC(C2)C1OC=O. The zero-order valence-electron chi connectivity index (χ0n) is 10.9. The lowest BCUT2D eigenvalue weighted by molar-refractivity contribution is -0.160. The molecule has 6 heteroatoms. The highest BCUT2D eigenvalue weighted by atomic mass is 16.6. The quantitative estimate of drug-likeness (QED) is 0.170. The smallest absolute Gasteiger partial charge is 0.330 e. The van der Waals surface area contributed by atoms with Crippen LogP contribution in [0.15, 0.2) is 24.8 Å². The fourth-order valence-corrected chi connectivity index (χ4v) is 2.78. The van der Waals surface area contributed by atoms with E-state index < -0.39 is 24.0 Å². The molecule has 6 nitrogen and oxygen atoms in total. The molecule has 0 N–H and O–H groups in total. The minimum Gasteiger partial charge on any atom is -0.463 e. The third kappa shape index (κ3) is 2.89. The lowest BCUT2D eigenvalue weighted by Gasteiger charge is -2.24. The fraction of sp³-hybridized carbons (Fsp3) is 0.500. The van der Waals surface area contributed by atoms with Crippen molar-refractivity contribution in [2.45, 2.75) is 12.5 Å². The Hall–Kier alpha value is -2.11. The highest BCUT2D eigenvalue weighted by molar-refractivity contribution is 5.81. The van der Waals surface area contributed by atoms with Crippen molar-refractivity contribution in [1.29, 1.82) is 0 Å². The summed E-state index contributed by atoms with van der Waals surface area (Å²) in [5.74, 6) is -1.32. The van der Waals surface area contributed by atoms with Crippen LogP contribution in [-0.4, -0.2) is 37.7 Å². The summed E-state index contributed by atoms with van der Waals surface area (Å²) in [6, 6.07) is 0. The molecule has 2 aliphatic rings. The molecule has 108 valence electrons. The normalized spacial score (nSPS) is 29.8. The number of ether oxygens (including phenoxy) is 3. The summed E-state index contributed by atoms with van der Waals surface area (Å²) in [4.78, 5) is 33.3. The molecule has 1 fully saturated rings. The molecule has 0 aromatic rings. The van der Waals surface area contributed by atoms with Gasteiger partial charge in [0.2, 0.25) is 0 Å². The molecular formula is C14H16O6. The third-order valence-corrected chi connectivity index (χ3v) is 3.61. The van der Waals surface area contributed by atoms with Crippen molar-refractivity contribution in [2.24, 2.45) is 17.8 Å². The van der Waals surface area contributed by atoms with Crippen molar-refractivity contribution in [3.8, 4) is 0 Å². The van der Waals surface area contributed by atoms with Gasteiger partial charge in [-0.15, -0.1) is 0 Å². The van der Waals surface area contributed by atoms with Gasteiger partial charge in [0.1, 0.15) is 25.2 Å². The molecule has 2 bridgehead atoms. The van der Waals surface area contributed by atoms with E-state index in [1.165, 1.54) is 0 Å². The fourth-order valence-electron chi connectivity index (χ4n) is 2.78. The standard InChI is InChI=1S/C14H16O6/c1-2-11(16)18-5-6-19-14(17)12-9-3-4-10(7-9)13(12)20-8-15/h2-4,8-10,12-13H,1,5-7H2. The Morgan fingerprint density at radius 2 is 1.90 bits per heavy atom. The number of rotatable bonds is 7. The number of hydrogen-bond donors (Lipinski definition) is 0. The molecule has 2 rings (SSSR count). The van der Waals surface area contributed by atoms with Crippen LogP contribution in [0.3, 0.4) is 0 Å². The van der Waals surface area contributed by atoms with Gasteiger partial charge < -0.3 is 14.2 Å². The summed E-state index contributed by atoms with van der Waals surface area (Å²) in [5, 5.41) is 0. The maximum Gasteiger partial charge on any atom is 0.330 e. The predicted octanol–water partition coefficient (Wildman–Crippen LogP) is 0.622. The van der Waals surface area contributed by atoms with Gasteiger partial charge in [0, 0.05) is 12.0 Å². The second kappa shape index (κ2) is 6.36. The van der Waals surface area contributed by atoms with Crippen LogP contribution in [0, 0.1) is 17.8 Å². The summed E-state index contributed by atoms with van der Waals surface area (Å²) in [5.41, 5.74) is 0. The van der Waals surface area contributed by atoms with Crippen molar-refractivity contribution in [3.05, 3.63) is 24.8 Å². The number of fused-ring (bicyclic) bond motifs is 2. The first-order valence-corrected chi connectivity index (χ1v) is 6.40. The Kier molecular flexibility index (Phi) is 4.55. The summed E-state index contributed by atoms with van der Waals surface area (Å²) in [7, 11) is 0. The lowest BCUT2D eigenvalue weighted by Crippen LogP contribution is -2.35. The molecule has 20 heavy (non-hydrogen) atoms. The molecule has 1 saturated carbocycles. The molecule has 4 unspecified atom stereocenters. The second-order valence-electron chi connectivity index (χ2n) is 4.71. The van der Waals surface area contributed by atoms with Crippen LogP contribution in [0.5, 0.6) is 0 Å². The molecule has 0 amide bonds. The van der Waals surface area contributed by atoms with Crippen molar-refractivity contribution in [2.75, 3.05) is 13.2 Å². The van der Waals surface area contributed by atoms with Crippen LogP contribution in [0.2, 0.25) is 0 Å². The van der Waals surface area contributed by atoms with E-state index in [4.69, 9.17) is 14.2 Å². The maximum atomic E-state index is 12.0. The minimum absolute atomic E-state index is 0.0214. The zero-order valence-corrected chi connectivity index (χ0v) is 10.9. The number of carbonyl (C=O) groups is 3. The first kappa shape index (κ1) is 14.3. The van der Waals surface area contributed by atoms with Gasteiger partial charge in [-0.1, -0.05) is 18.7 Å².